The number of rotatable bonds is 4. The molecule has 4 rings (SSSR count). The van der Waals surface area contributed by atoms with Gasteiger partial charge in [-0.25, -0.2) is 9.97 Å². The third-order valence-corrected chi connectivity index (χ3v) is 5.15. The number of hydrogen-bond acceptors (Lipinski definition) is 5. The molecular weight excluding hydrogens is 427 g/mol. The van der Waals surface area contributed by atoms with Gasteiger partial charge in [0.1, 0.15) is 5.52 Å². The van der Waals surface area contributed by atoms with E-state index in [1.807, 2.05) is 4.57 Å². The normalized spacial score (nSPS) is 15.0. The highest BCUT2D eigenvalue weighted by Gasteiger charge is 2.34. The van der Waals surface area contributed by atoms with Gasteiger partial charge in [-0.3, -0.25) is 9.59 Å². The lowest BCUT2D eigenvalue weighted by Gasteiger charge is -2.23. The summed E-state index contributed by atoms with van der Waals surface area (Å²) >= 11 is 0. The van der Waals surface area contributed by atoms with E-state index < -0.39 is 23.6 Å². The molecule has 0 saturated carbocycles. The molecule has 1 aliphatic heterocycles. The number of fused-ring (bicyclic) bond motifs is 1. The molecule has 0 unspecified atom stereocenters. The summed E-state index contributed by atoms with van der Waals surface area (Å²) < 4.78 is 47.5. The van der Waals surface area contributed by atoms with E-state index in [2.05, 4.69) is 20.6 Å². The van der Waals surface area contributed by atoms with E-state index >= 15 is 0 Å². The van der Waals surface area contributed by atoms with Crippen molar-refractivity contribution >= 4 is 34.4 Å². The van der Waals surface area contributed by atoms with Crippen molar-refractivity contribution in [1.29, 1.82) is 0 Å². The number of anilines is 2. The maximum Gasteiger partial charge on any atom is 0.418 e. The average Bonchev–Trinajstić information content (AvgIpc) is 3.17. The number of amides is 2. The highest BCUT2D eigenvalue weighted by atomic mass is 19.4. The van der Waals surface area contributed by atoms with Crippen LogP contribution in [-0.2, 0) is 15.7 Å². The van der Waals surface area contributed by atoms with E-state index in [0.717, 1.165) is 31.9 Å². The average molecular weight is 447 g/mol. The topological polar surface area (TPSA) is 98.1 Å². The van der Waals surface area contributed by atoms with E-state index in [1.165, 1.54) is 12.3 Å². The molecule has 2 aromatic heterocycles. The molecule has 32 heavy (non-hydrogen) atoms. The van der Waals surface area contributed by atoms with Gasteiger partial charge in [-0.2, -0.15) is 13.2 Å². The van der Waals surface area contributed by atoms with Crippen molar-refractivity contribution in [3.05, 3.63) is 47.9 Å². The lowest BCUT2D eigenvalue weighted by molar-refractivity contribution is -0.136. The Hall–Kier alpha value is -3.47. The molecule has 0 radical (unpaired) electrons. The van der Waals surface area contributed by atoms with Crippen molar-refractivity contribution in [2.45, 2.75) is 32.0 Å². The molecule has 1 fully saturated rings. The summed E-state index contributed by atoms with van der Waals surface area (Å²) in [5.74, 6) is -1.26. The van der Waals surface area contributed by atoms with Crippen LogP contribution in [0.15, 0.2) is 36.8 Å². The lowest BCUT2D eigenvalue weighted by atomic mass is 10.1. The van der Waals surface area contributed by atoms with E-state index in [-0.39, 0.29) is 23.0 Å². The molecule has 0 spiro atoms. The smallest absolute Gasteiger partial charge is 0.381 e. The summed E-state index contributed by atoms with van der Waals surface area (Å²) in [7, 11) is 0. The number of imidazole rings is 1. The standard InChI is InChI=1S/C21H20F3N5O3/c1-12(30)27-17-3-2-14(9-16(17)21(22,23)24)28-20(31)13-8-18-19(25-10-13)29(11-26-18)15-4-6-32-7-5-15/h2-3,8-11,15H,4-7H2,1H3,(H,27,30)(H,28,31). The molecule has 1 aromatic carbocycles. The van der Waals surface area contributed by atoms with Crippen LogP contribution in [0.25, 0.3) is 11.2 Å². The molecule has 1 saturated heterocycles. The fraction of sp³-hybridized carbons (Fsp3) is 0.333. The van der Waals surface area contributed by atoms with Gasteiger partial charge in [0.2, 0.25) is 5.91 Å². The Morgan fingerprint density at radius 3 is 2.56 bits per heavy atom. The molecule has 3 aromatic rings. The van der Waals surface area contributed by atoms with Gasteiger partial charge in [0.05, 0.1) is 23.1 Å². The summed E-state index contributed by atoms with van der Waals surface area (Å²) in [5.41, 5.74) is -0.203. The number of alkyl halides is 3. The van der Waals surface area contributed by atoms with Gasteiger partial charge in [-0.15, -0.1) is 0 Å². The summed E-state index contributed by atoms with van der Waals surface area (Å²) in [6.07, 6.45) is 0.00395. The van der Waals surface area contributed by atoms with Gasteiger partial charge in [-0.05, 0) is 37.1 Å². The zero-order valence-electron chi connectivity index (χ0n) is 17.1. The second-order valence-corrected chi connectivity index (χ2v) is 7.46. The van der Waals surface area contributed by atoms with E-state index in [1.54, 1.807) is 12.4 Å². The van der Waals surface area contributed by atoms with E-state index in [4.69, 9.17) is 4.74 Å². The number of halogens is 3. The number of pyridine rings is 1. The Kier molecular flexibility index (Phi) is 5.83. The quantitative estimate of drug-likeness (QED) is 0.630. The number of aromatic nitrogens is 3. The predicted octanol–water partition coefficient (Wildman–Crippen LogP) is 4.01. The van der Waals surface area contributed by atoms with Crippen molar-refractivity contribution in [2.24, 2.45) is 0 Å². The van der Waals surface area contributed by atoms with Crippen molar-refractivity contribution in [3.63, 3.8) is 0 Å². The number of nitrogens with one attached hydrogen (secondary N) is 2. The van der Waals surface area contributed by atoms with Crippen LogP contribution in [0, 0.1) is 0 Å². The van der Waals surface area contributed by atoms with E-state index in [9.17, 15) is 22.8 Å². The lowest BCUT2D eigenvalue weighted by Crippen LogP contribution is -2.19. The Labute approximate surface area is 180 Å². The third-order valence-electron chi connectivity index (χ3n) is 5.15. The Morgan fingerprint density at radius 1 is 1.12 bits per heavy atom. The van der Waals surface area contributed by atoms with Crippen LogP contribution in [0.1, 0.15) is 41.7 Å². The second kappa shape index (κ2) is 8.58. The SMILES string of the molecule is CC(=O)Nc1ccc(NC(=O)c2cnc3c(c2)ncn3C2CCOCC2)cc1C(F)(F)F. The molecule has 0 bridgehead atoms. The van der Waals surface area contributed by atoms with Gasteiger partial charge in [0.15, 0.2) is 5.65 Å². The molecule has 0 aliphatic carbocycles. The fourth-order valence-corrected chi connectivity index (χ4v) is 3.63. The molecule has 11 heteroatoms. The van der Waals surface area contributed by atoms with Crippen LogP contribution in [0.2, 0.25) is 0 Å². The first-order chi connectivity index (χ1) is 15.2. The molecule has 2 amide bonds. The molecule has 0 atom stereocenters. The highest BCUT2D eigenvalue weighted by molar-refractivity contribution is 6.05. The van der Waals surface area contributed by atoms with Crippen molar-refractivity contribution in [3.8, 4) is 0 Å². The first-order valence-electron chi connectivity index (χ1n) is 9.93. The first kappa shape index (κ1) is 21.8. The monoisotopic (exact) mass is 447 g/mol. The summed E-state index contributed by atoms with van der Waals surface area (Å²) in [4.78, 5) is 32.5. The number of ether oxygens (including phenoxy) is 1. The van der Waals surface area contributed by atoms with Gasteiger partial charge in [0.25, 0.3) is 5.91 Å². The number of nitrogens with zero attached hydrogens (tertiary/aromatic N) is 3. The van der Waals surface area contributed by atoms with Crippen LogP contribution in [0.5, 0.6) is 0 Å². The molecular formula is C21H20F3N5O3. The summed E-state index contributed by atoms with van der Waals surface area (Å²) in [5, 5.41) is 4.58. The summed E-state index contributed by atoms with van der Waals surface area (Å²) in [6, 6.07) is 4.91. The summed E-state index contributed by atoms with van der Waals surface area (Å²) in [6.45, 7) is 2.43. The molecule has 3 heterocycles. The third kappa shape index (κ3) is 4.57. The van der Waals surface area contributed by atoms with Gasteiger partial charge in [0, 0.05) is 38.1 Å². The first-order valence-corrected chi connectivity index (χ1v) is 9.93. The highest BCUT2D eigenvalue weighted by Crippen LogP contribution is 2.36. The van der Waals surface area contributed by atoms with Crippen molar-refractivity contribution in [2.75, 3.05) is 23.8 Å². The fourth-order valence-electron chi connectivity index (χ4n) is 3.63. The number of carbonyl (C=O) groups excluding carboxylic acids is 2. The van der Waals surface area contributed by atoms with E-state index in [0.29, 0.717) is 24.4 Å². The molecule has 1 aliphatic rings. The maximum absolute atomic E-state index is 13.4. The minimum absolute atomic E-state index is 0.0655. The Morgan fingerprint density at radius 2 is 1.88 bits per heavy atom. The van der Waals surface area contributed by atoms with Crippen molar-refractivity contribution in [1.82, 2.24) is 14.5 Å². The molecule has 168 valence electrons. The van der Waals surface area contributed by atoms with Crippen LogP contribution in [-0.4, -0.2) is 39.6 Å². The van der Waals surface area contributed by atoms with Crippen molar-refractivity contribution < 1.29 is 27.5 Å². The maximum atomic E-state index is 13.4. The molecule has 8 nitrogen and oxygen atoms in total. The van der Waals surface area contributed by atoms with Crippen LogP contribution in [0.4, 0.5) is 24.5 Å². The van der Waals surface area contributed by atoms with Gasteiger partial charge >= 0.3 is 6.18 Å². The van der Waals surface area contributed by atoms with Crippen LogP contribution < -0.4 is 10.6 Å². The van der Waals surface area contributed by atoms with Crippen LogP contribution in [0.3, 0.4) is 0 Å². The largest absolute Gasteiger partial charge is 0.418 e. The zero-order valence-corrected chi connectivity index (χ0v) is 17.1. The number of benzene rings is 1. The van der Waals surface area contributed by atoms with Crippen LogP contribution >= 0.6 is 0 Å². The predicted molar refractivity (Wildman–Crippen MR) is 110 cm³/mol. The zero-order chi connectivity index (χ0) is 22.9. The Balaban J connectivity index is 1.56. The number of carbonyl (C=O) groups is 2. The van der Waals surface area contributed by atoms with Gasteiger partial charge in [-0.1, -0.05) is 0 Å². The molecule has 2 N–H and O–H groups in total. The van der Waals surface area contributed by atoms with Gasteiger partial charge < -0.3 is 19.9 Å². The second-order valence-electron chi connectivity index (χ2n) is 7.46. The number of hydrogen-bond donors (Lipinski definition) is 2. The minimum Gasteiger partial charge on any atom is -0.381 e. The minimum atomic E-state index is -4.71. The Bertz CT molecular complexity index is 1170.